The molecular formula is C15H14N4O. The van der Waals surface area contributed by atoms with Gasteiger partial charge in [-0.2, -0.15) is 5.10 Å². The second-order valence-corrected chi connectivity index (χ2v) is 4.58. The number of carbonyl (C=O) groups is 1. The molecule has 0 saturated heterocycles. The Morgan fingerprint density at radius 2 is 2.10 bits per heavy atom. The fourth-order valence-electron chi connectivity index (χ4n) is 2.02. The van der Waals surface area contributed by atoms with E-state index >= 15 is 0 Å². The van der Waals surface area contributed by atoms with Crippen LogP contribution >= 0.6 is 0 Å². The lowest BCUT2D eigenvalue weighted by atomic mass is 10.2. The van der Waals surface area contributed by atoms with Gasteiger partial charge in [0.05, 0.1) is 29.5 Å². The molecule has 20 heavy (non-hydrogen) atoms. The smallest absolute Gasteiger partial charge is 0.254 e. The molecule has 5 nitrogen and oxygen atoms in total. The third kappa shape index (κ3) is 2.51. The Morgan fingerprint density at radius 3 is 2.90 bits per heavy atom. The number of pyridine rings is 1. The van der Waals surface area contributed by atoms with Crippen LogP contribution in [-0.2, 0) is 13.6 Å². The monoisotopic (exact) mass is 266 g/mol. The van der Waals surface area contributed by atoms with Crippen LogP contribution in [0.4, 0.5) is 0 Å². The average Bonchev–Trinajstić information content (AvgIpc) is 2.91. The molecule has 0 saturated carbocycles. The summed E-state index contributed by atoms with van der Waals surface area (Å²) < 4.78 is 1.60. The predicted octanol–water partition coefficient (Wildman–Crippen LogP) is 1.90. The first-order valence-corrected chi connectivity index (χ1v) is 6.34. The first kappa shape index (κ1) is 12.3. The maximum atomic E-state index is 11.9. The molecule has 0 bridgehead atoms. The largest absolute Gasteiger partial charge is 0.346 e. The maximum Gasteiger partial charge on any atom is 0.254 e. The zero-order valence-corrected chi connectivity index (χ0v) is 11.1. The Labute approximate surface area is 116 Å². The van der Waals surface area contributed by atoms with E-state index in [1.165, 1.54) is 0 Å². The van der Waals surface area contributed by atoms with Gasteiger partial charge < -0.3 is 5.32 Å². The van der Waals surface area contributed by atoms with E-state index in [4.69, 9.17) is 0 Å². The number of aryl methyl sites for hydroxylation is 1. The minimum Gasteiger partial charge on any atom is -0.346 e. The predicted molar refractivity (Wildman–Crippen MR) is 76.1 cm³/mol. The van der Waals surface area contributed by atoms with Gasteiger partial charge >= 0.3 is 0 Å². The lowest BCUT2D eigenvalue weighted by Crippen LogP contribution is -2.22. The molecule has 1 amide bonds. The number of hydrogen-bond acceptors (Lipinski definition) is 3. The Morgan fingerprint density at radius 1 is 1.25 bits per heavy atom. The molecule has 100 valence electrons. The van der Waals surface area contributed by atoms with E-state index in [0.717, 1.165) is 16.6 Å². The van der Waals surface area contributed by atoms with Gasteiger partial charge in [0.15, 0.2) is 0 Å². The molecule has 2 heterocycles. The first-order valence-electron chi connectivity index (χ1n) is 6.34. The molecule has 1 N–H and O–H groups in total. The lowest BCUT2D eigenvalue weighted by molar-refractivity contribution is 0.0950. The van der Waals surface area contributed by atoms with Crippen LogP contribution in [0.15, 0.2) is 48.8 Å². The van der Waals surface area contributed by atoms with Crippen LogP contribution in [-0.4, -0.2) is 20.7 Å². The summed E-state index contributed by atoms with van der Waals surface area (Å²) in [5.74, 6) is -0.145. The van der Waals surface area contributed by atoms with E-state index < -0.39 is 0 Å². The van der Waals surface area contributed by atoms with Gasteiger partial charge in [0.25, 0.3) is 5.91 Å². The fourth-order valence-corrected chi connectivity index (χ4v) is 2.02. The van der Waals surface area contributed by atoms with E-state index in [0.29, 0.717) is 12.1 Å². The van der Waals surface area contributed by atoms with Gasteiger partial charge in [0.1, 0.15) is 0 Å². The molecule has 0 atom stereocenters. The average molecular weight is 266 g/mol. The standard InChI is InChI=1S/C15H14N4O/c1-19-10-12(8-17-19)15(20)16-9-13-7-6-11-4-2-3-5-14(11)18-13/h2-8,10H,9H2,1H3,(H,16,20). The summed E-state index contributed by atoms with van der Waals surface area (Å²) in [5, 5.41) is 7.90. The Bertz CT molecular complexity index is 763. The highest BCUT2D eigenvalue weighted by atomic mass is 16.1. The SMILES string of the molecule is Cn1cc(C(=O)NCc2ccc3ccccc3n2)cn1. The van der Waals surface area contributed by atoms with Crippen molar-refractivity contribution in [1.82, 2.24) is 20.1 Å². The van der Waals surface area contributed by atoms with Crippen molar-refractivity contribution in [2.24, 2.45) is 7.05 Å². The second kappa shape index (κ2) is 5.13. The fraction of sp³-hybridized carbons (Fsp3) is 0.133. The van der Waals surface area contributed by atoms with Crippen LogP contribution in [0.5, 0.6) is 0 Å². The van der Waals surface area contributed by atoms with E-state index in [1.807, 2.05) is 36.4 Å². The van der Waals surface area contributed by atoms with Crippen molar-refractivity contribution in [3.63, 3.8) is 0 Å². The summed E-state index contributed by atoms with van der Waals surface area (Å²) in [7, 11) is 1.78. The number of nitrogens with one attached hydrogen (secondary N) is 1. The molecular weight excluding hydrogens is 252 g/mol. The number of aromatic nitrogens is 3. The lowest BCUT2D eigenvalue weighted by Gasteiger charge is -2.04. The van der Waals surface area contributed by atoms with E-state index in [2.05, 4.69) is 15.4 Å². The van der Waals surface area contributed by atoms with Gasteiger partial charge in [-0.3, -0.25) is 14.5 Å². The zero-order chi connectivity index (χ0) is 13.9. The highest BCUT2D eigenvalue weighted by Crippen LogP contribution is 2.11. The van der Waals surface area contributed by atoms with Crippen molar-refractivity contribution in [3.05, 3.63) is 60.0 Å². The van der Waals surface area contributed by atoms with Crippen molar-refractivity contribution in [3.8, 4) is 0 Å². The summed E-state index contributed by atoms with van der Waals surface area (Å²) >= 11 is 0. The van der Waals surface area contributed by atoms with Gasteiger partial charge in [-0.1, -0.05) is 24.3 Å². The number of amides is 1. The van der Waals surface area contributed by atoms with Crippen molar-refractivity contribution in [1.29, 1.82) is 0 Å². The summed E-state index contributed by atoms with van der Waals surface area (Å²) in [5.41, 5.74) is 2.31. The van der Waals surface area contributed by atoms with Crippen LogP contribution < -0.4 is 5.32 Å². The molecule has 0 aliphatic heterocycles. The molecule has 0 fully saturated rings. The molecule has 0 unspecified atom stereocenters. The normalized spacial score (nSPS) is 10.7. The summed E-state index contributed by atoms with van der Waals surface area (Å²) in [4.78, 5) is 16.4. The number of nitrogens with zero attached hydrogens (tertiary/aromatic N) is 3. The molecule has 0 radical (unpaired) electrons. The molecule has 3 aromatic rings. The molecule has 3 rings (SSSR count). The van der Waals surface area contributed by atoms with E-state index in [1.54, 1.807) is 24.1 Å². The summed E-state index contributed by atoms with van der Waals surface area (Å²) in [6.07, 6.45) is 3.23. The van der Waals surface area contributed by atoms with Crippen LogP contribution in [0.2, 0.25) is 0 Å². The summed E-state index contributed by atoms with van der Waals surface area (Å²) in [6.45, 7) is 0.401. The molecule has 2 aromatic heterocycles. The van der Waals surface area contributed by atoms with Gasteiger partial charge in [0.2, 0.25) is 0 Å². The number of rotatable bonds is 3. The molecule has 0 aliphatic rings. The van der Waals surface area contributed by atoms with Crippen LogP contribution in [0.3, 0.4) is 0 Å². The highest BCUT2D eigenvalue weighted by Gasteiger charge is 2.07. The Kier molecular flexibility index (Phi) is 3.16. The van der Waals surface area contributed by atoms with Crippen molar-refractivity contribution >= 4 is 16.8 Å². The van der Waals surface area contributed by atoms with Crippen LogP contribution in [0, 0.1) is 0 Å². The number of carbonyl (C=O) groups excluding carboxylic acids is 1. The van der Waals surface area contributed by atoms with Crippen molar-refractivity contribution in [2.75, 3.05) is 0 Å². The number of hydrogen-bond donors (Lipinski definition) is 1. The first-order chi connectivity index (χ1) is 9.72. The topological polar surface area (TPSA) is 59.8 Å². The molecule has 0 spiro atoms. The van der Waals surface area contributed by atoms with Crippen molar-refractivity contribution in [2.45, 2.75) is 6.54 Å². The van der Waals surface area contributed by atoms with Gasteiger partial charge in [-0.05, 0) is 12.1 Å². The Hall–Kier alpha value is -2.69. The third-order valence-electron chi connectivity index (χ3n) is 3.05. The van der Waals surface area contributed by atoms with E-state index in [9.17, 15) is 4.79 Å². The minimum atomic E-state index is -0.145. The van der Waals surface area contributed by atoms with Crippen LogP contribution in [0.25, 0.3) is 10.9 Å². The van der Waals surface area contributed by atoms with Crippen LogP contribution in [0.1, 0.15) is 16.1 Å². The summed E-state index contributed by atoms with van der Waals surface area (Å²) in [6, 6.07) is 11.8. The Balaban J connectivity index is 1.72. The van der Waals surface area contributed by atoms with Gasteiger partial charge in [0, 0.05) is 18.6 Å². The maximum absolute atomic E-state index is 11.9. The van der Waals surface area contributed by atoms with Crippen molar-refractivity contribution < 1.29 is 4.79 Å². The number of fused-ring (bicyclic) bond motifs is 1. The molecule has 0 aliphatic carbocycles. The van der Waals surface area contributed by atoms with Gasteiger partial charge in [-0.25, -0.2) is 0 Å². The minimum absolute atomic E-state index is 0.145. The zero-order valence-electron chi connectivity index (χ0n) is 11.1. The second-order valence-electron chi connectivity index (χ2n) is 4.58. The molecule has 1 aromatic carbocycles. The third-order valence-corrected chi connectivity index (χ3v) is 3.05. The number of benzene rings is 1. The quantitative estimate of drug-likeness (QED) is 0.787. The molecule has 5 heteroatoms. The van der Waals surface area contributed by atoms with Gasteiger partial charge in [-0.15, -0.1) is 0 Å². The highest BCUT2D eigenvalue weighted by molar-refractivity contribution is 5.93. The van der Waals surface area contributed by atoms with E-state index in [-0.39, 0.29) is 5.91 Å². The number of para-hydroxylation sites is 1.